The van der Waals surface area contributed by atoms with Gasteiger partial charge in [0.25, 0.3) is 0 Å². The first-order chi connectivity index (χ1) is 9.11. The number of aromatic nitrogens is 1. The van der Waals surface area contributed by atoms with E-state index in [2.05, 4.69) is 10.1 Å². The molecule has 0 saturated heterocycles. The van der Waals surface area contributed by atoms with Crippen molar-refractivity contribution in [2.24, 2.45) is 10.9 Å². The summed E-state index contributed by atoms with van der Waals surface area (Å²) in [5.41, 5.74) is 6.63. The number of ether oxygens (including phenoxy) is 1. The van der Waals surface area contributed by atoms with Crippen molar-refractivity contribution in [2.75, 3.05) is 0 Å². The molecule has 1 aromatic heterocycles. The molecule has 0 spiro atoms. The van der Waals surface area contributed by atoms with Gasteiger partial charge in [-0.05, 0) is 36.8 Å². The maximum Gasteiger partial charge on any atom is 0.230 e. The Balaban J connectivity index is 2.41. The predicted molar refractivity (Wildman–Crippen MR) is 68.0 cm³/mol. The first-order valence-electron chi connectivity index (χ1n) is 5.48. The largest absolute Gasteiger partial charge is 0.435 e. The van der Waals surface area contributed by atoms with E-state index in [1.165, 1.54) is 12.3 Å². The summed E-state index contributed by atoms with van der Waals surface area (Å²) < 4.78 is 19.0. The zero-order valence-electron chi connectivity index (χ0n) is 10.2. The van der Waals surface area contributed by atoms with Gasteiger partial charge in [-0.1, -0.05) is 11.2 Å². The second-order valence-electron chi connectivity index (χ2n) is 3.88. The van der Waals surface area contributed by atoms with Crippen LogP contribution >= 0.6 is 0 Å². The van der Waals surface area contributed by atoms with Crippen LogP contribution in [0.4, 0.5) is 4.39 Å². The molecule has 6 heteroatoms. The van der Waals surface area contributed by atoms with Gasteiger partial charge in [0, 0.05) is 6.20 Å². The molecule has 1 aromatic carbocycles. The second kappa shape index (κ2) is 5.34. The third-order valence-electron chi connectivity index (χ3n) is 2.45. The zero-order valence-corrected chi connectivity index (χ0v) is 10.2. The van der Waals surface area contributed by atoms with E-state index in [9.17, 15) is 4.39 Å². The lowest BCUT2D eigenvalue weighted by Gasteiger charge is -2.09. The van der Waals surface area contributed by atoms with Gasteiger partial charge < -0.3 is 15.7 Å². The quantitative estimate of drug-likeness (QED) is 0.385. The number of halogens is 1. The van der Waals surface area contributed by atoms with E-state index in [-0.39, 0.29) is 23.0 Å². The van der Waals surface area contributed by atoms with Crippen molar-refractivity contribution >= 4 is 5.84 Å². The monoisotopic (exact) mass is 261 g/mol. The molecule has 19 heavy (non-hydrogen) atoms. The summed E-state index contributed by atoms with van der Waals surface area (Å²) in [4.78, 5) is 3.95. The lowest BCUT2D eigenvalue weighted by molar-refractivity contribution is 0.318. The molecule has 0 saturated carbocycles. The number of hydrogen-bond donors (Lipinski definition) is 2. The Morgan fingerprint density at radius 2 is 2.21 bits per heavy atom. The summed E-state index contributed by atoms with van der Waals surface area (Å²) in [6, 6.07) is 7.64. The van der Waals surface area contributed by atoms with Gasteiger partial charge in [0.05, 0.1) is 5.56 Å². The molecule has 0 fully saturated rings. The molecule has 1 heterocycles. The first-order valence-corrected chi connectivity index (χ1v) is 5.48. The van der Waals surface area contributed by atoms with Crippen molar-refractivity contribution in [2.45, 2.75) is 6.92 Å². The van der Waals surface area contributed by atoms with E-state index in [1.54, 1.807) is 24.3 Å². The van der Waals surface area contributed by atoms with E-state index in [4.69, 9.17) is 15.7 Å². The Bertz CT molecular complexity index is 629. The Morgan fingerprint density at radius 3 is 2.95 bits per heavy atom. The molecule has 0 aliphatic rings. The maximum atomic E-state index is 13.6. The summed E-state index contributed by atoms with van der Waals surface area (Å²) in [5.74, 6) is -0.564. The van der Waals surface area contributed by atoms with Gasteiger partial charge in [-0.3, -0.25) is 0 Å². The molecule has 0 unspecified atom stereocenters. The van der Waals surface area contributed by atoms with Crippen LogP contribution in [0.3, 0.4) is 0 Å². The average molecular weight is 261 g/mol. The summed E-state index contributed by atoms with van der Waals surface area (Å²) in [6.45, 7) is 1.81. The van der Waals surface area contributed by atoms with Crippen molar-refractivity contribution in [3.63, 3.8) is 0 Å². The lowest BCUT2D eigenvalue weighted by atomic mass is 10.2. The van der Waals surface area contributed by atoms with Gasteiger partial charge in [-0.15, -0.1) is 0 Å². The Labute approximate surface area is 109 Å². The van der Waals surface area contributed by atoms with Crippen LogP contribution in [0, 0.1) is 12.7 Å². The molecule has 5 nitrogen and oxygen atoms in total. The van der Waals surface area contributed by atoms with Gasteiger partial charge in [-0.2, -0.15) is 0 Å². The molecule has 0 bridgehead atoms. The Hall–Kier alpha value is -2.63. The number of benzene rings is 1. The lowest BCUT2D eigenvalue weighted by Crippen LogP contribution is -2.14. The average Bonchev–Trinajstić information content (AvgIpc) is 2.42. The number of aryl methyl sites for hydroxylation is 1. The minimum atomic E-state index is -0.512. The van der Waals surface area contributed by atoms with Crippen LogP contribution in [0.2, 0.25) is 0 Å². The summed E-state index contributed by atoms with van der Waals surface area (Å²) >= 11 is 0. The molecule has 0 amide bonds. The number of nitrogens with two attached hydrogens (primary N) is 1. The smallest absolute Gasteiger partial charge is 0.230 e. The highest BCUT2D eigenvalue weighted by Gasteiger charge is 2.12. The third kappa shape index (κ3) is 2.79. The highest BCUT2D eigenvalue weighted by molar-refractivity contribution is 5.99. The fourth-order valence-electron chi connectivity index (χ4n) is 1.51. The molecule has 2 aromatic rings. The van der Waals surface area contributed by atoms with Crippen LogP contribution in [0.25, 0.3) is 0 Å². The van der Waals surface area contributed by atoms with Crippen LogP contribution in [0.1, 0.15) is 11.1 Å². The van der Waals surface area contributed by atoms with Crippen molar-refractivity contribution in [1.82, 2.24) is 4.98 Å². The molecule has 0 aliphatic carbocycles. The Morgan fingerprint density at radius 1 is 1.42 bits per heavy atom. The molecule has 0 atom stereocenters. The van der Waals surface area contributed by atoms with Gasteiger partial charge in [0.2, 0.25) is 5.88 Å². The molecule has 98 valence electrons. The predicted octanol–water partition coefficient (Wildman–Crippen LogP) is 2.42. The van der Waals surface area contributed by atoms with Crippen LogP contribution in [-0.4, -0.2) is 16.0 Å². The van der Waals surface area contributed by atoms with Crippen molar-refractivity contribution in [3.05, 3.63) is 53.5 Å². The number of rotatable bonds is 3. The van der Waals surface area contributed by atoms with Gasteiger partial charge >= 0.3 is 0 Å². The molecule has 3 N–H and O–H groups in total. The van der Waals surface area contributed by atoms with Gasteiger partial charge in [0.1, 0.15) is 0 Å². The van der Waals surface area contributed by atoms with Crippen molar-refractivity contribution in [3.8, 4) is 11.6 Å². The highest BCUT2D eigenvalue weighted by Crippen LogP contribution is 2.26. The second-order valence-corrected chi connectivity index (χ2v) is 3.88. The van der Waals surface area contributed by atoms with Crippen LogP contribution in [-0.2, 0) is 0 Å². The summed E-state index contributed by atoms with van der Waals surface area (Å²) in [5, 5.41) is 11.6. The van der Waals surface area contributed by atoms with Crippen molar-refractivity contribution < 1.29 is 14.3 Å². The van der Waals surface area contributed by atoms with Gasteiger partial charge in [0.15, 0.2) is 17.4 Å². The zero-order chi connectivity index (χ0) is 13.8. The molecule has 0 radical (unpaired) electrons. The third-order valence-corrected chi connectivity index (χ3v) is 2.45. The van der Waals surface area contributed by atoms with E-state index >= 15 is 0 Å². The Kier molecular flexibility index (Phi) is 3.61. The van der Waals surface area contributed by atoms with Crippen LogP contribution < -0.4 is 10.5 Å². The maximum absolute atomic E-state index is 13.6. The van der Waals surface area contributed by atoms with Crippen LogP contribution in [0.5, 0.6) is 11.6 Å². The normalized spacial score (nSPS) is 11.4. The summed E-state index contributed by atoms with van der Waals surface area (Å²) in [7, 11) is 0. The fourth-order valence-corrected chi connectivity index (χ4v) is 1.51. The van der Waals surface area contributed by atoms with E-state index in [0.717, 1.165) is 5.56 Å². The van der Waals surface area contributed by atoms with Crippen molar-refractivity contribution in [1.29, 1.82) is 0 Å². The number of nitrogens with zero attached hydrogens (tertiary/aromatic N) is 2. The fraction of sp³-hybridized carbons (Fsp3) is 0.0769. The van der Waals surface area contributed by atoms with E-state index in [1.807, 2.05) is 6.92 Å². The molecule has 2 rings (SSSR count). The summed E-state index contributed by atoms with van der Waals surface area (Å²) in [6.07, 6.45) is 1.47. The van der Waals surface area contributed by atoms with E-state index in [0.29, 0.717) is 0 Å². The standard InChI is InChI=1S/C13H12FN3O2/c1-8-4-5-10(14)11(7-8)19-13-9(12(15)17-18)3-2-6-16-13/h2-7,18H,1H3,(H2,15,17). The topological polar surface area (TPSA) is 80.7 Å². The molecule has 0 aliphatic heterocycles. The SMILES string of the molecule is Cc1ccc(F)c(Oc2ncccc2C(N)=NO)c1. The highest BCUT2D eigenvalue weighted by atomic mass is 19.1. The molecular weight excluding hydrogens is 249 g/mol. The minimum Gasteiger partial charge on any atom is -0.435 e. The number of pyridine rings is 1. The number of amidine groups is 1. The van der Waals surface area contributed by atoms with Gasteiger partial charge in [-0.25, -0.2) is 9.37 Å². The first kappa shape index (κ1) is 12.8. The molecular formula is C13H12FN3O2. The van der Waals surface area contributed by atoms with E-state index < -0.39 is 5.82 Å². The number of oxime groups is 1. The minimum absolute atomic E-state index is 0.0330. The van der Waals surface area contributed by atoms with Crippen LogP contribution in [0.15, 0.2) is 41.7 Å². The number of hydrogen-bond acceptors (Lipinski definition) is 4.